The summed E-state index contributed by atoms with van der Waals surface area (Å²) in [6.45, 7) is 5.95. The first-order valence-electron chi connectivity index (χ1n) is 10.4. The Morgan fingerprint density at radius 3 is 2.71 bits per heavy atom. The predicted octanol–water partition coefficient (Wildman–Crippen LogP) is 3.47. The number of fused-ring (bicyclic) bond motifs is 1. The van der Waals surface area contributed by atoms with Gasteiger partial charge in [0, 0.05) is 37.8 Å². The van der Waals surface area contributed by atoms with Crippen LogP contribution >= 0.6 is 0 Å². The summed E-state index contributed by atoms with van der Waals surface area (Å²) >= 11 is 0. The third-order valence-corrected chi connectivity index (χ3v) is 6.06. The fraction of sp³-hybridized carbons (Fsp3) is 0.571. The van der Waals surface area contributed by atoms with E-state index in [1.165, 1.54) is 24.1 Å². The maximum atomic E-state index is 5.20. The molecule has 2 aliphatic rings. The van der Waals surface area contributed by atoms with Gasteiger partial charge in [-0.1, -0.05) is 5.16 Å². The molecule has 0 amide bonds. The molecule has 7 nitrogen and oxygen atoms in total. The molecule has 3 aromatic heterocycles. The summed E-state index contributed by atoms with van der Waals surface area (Å²) in [6.07, 6.45) is 6.80. The highest BCUT2D eigenvalue weighted by atomic mass is 16.5. The summed E-state index contributed by atoms with van der Waals surface area (Å²) in [6, 6.07) is 4.27. The second kappa shape index (κ2) is 7.20. The minimum atomic E-state index is 0.496. The lowest BCUT2D eigenvalue weighted by Crippen LogP contribution is -2.32. The largest absolute Gasteiger partial charge is 0.368 e. The van der Waals surface area contributed by atoms with Gasteiger partial charge in [0.25, 0.3) is 0 Å². The molecule has 0 bridgehead atoms. The van der Waals surface area contributed by atoms with Crippen molar-refractivity contribution in [2.45, 2.75) is 45.1 Å². The highest BCUT2D eigenvalue weighted by molar-refractivity contribution is 5.86. The van der Waals surface area contributed by atoms with E-state index in [9.17, 15) is 0 Å². The highest BCUT2D eigenvalue weighted by Crippen LogP contribution is 2.33. The number of nitrogens with one attached hydrogen (secondary N) is 1. The minimum Gasteiger partial charge on any atom is -0.368 e. The quantitative estimate of drug-likeness (QED) is 0.706. The van der Waals surface area contributed by atoms with Gasteiger partial charge in [0.1, 0.15) is 11.3 Å². The van der Waals surface area contributed by atoms with Crippen LogP contribution in [0.4, 0.5) is 5.82 Å². The van der Waals surface area contributed by atoms with Gasteiger partial charge in [0.05, 0.1) is 17.5 Å². The lowest BCUT2D eigenvalue weighted by atomic mass is 9.92. The van der Waals surface area contributed by atoms with Gasteiger partial charge in [-0.15, -0.1) is 0 Å². The molecule has 1 N–H and O–H groups in total. The second-order valence-electron chi connectivity index (χ2n) is 8.42. The standard InChI is InChI=1S/C21H28N6O/c1-14-9-17(25-28-14)12-27-7-5-16(6-8-27)18-10-19-20(23-13-26(19)2)21(24-18)22-11-15-3-4-15/h9-10,13,15-16H,3-8,11-12H2,1-2H3,(H,22,24). The number of rotatable bonds is 6. The number of piperidine rings is 1. The molecule has 1 saturated heterocycles. The fourth-order valence-corrected chi connectivity index (χ4v) is 4.15. The van der Waals surface area contributed by atoms with Crippen molar-refractivity contribution < 1.29 is 4.52 Å². The van der Waals surface area contributed by atoms with Gasteiger partial charge in [0.2, 0.25) is 0 Å². The van der Waals surface area contributed by atoms with Gasteiger partial charge in [-0.05, 0) is 57.7 Å². The molecule has 0 aromatic carbocycles. The monoisotopic (exact) mass is 380 g/mol. The van der Waals surface area contributed by atoms with E-state index < -0.39 is 0 Å². The van der Waals surface area contributed by atoms with E-state index in [0.29, 0.717) is 5.92 Å². The van der Waals surface area contributed by atoms with Gasteiger partial charge >= 0.3 is 0 Å². The van der Waals surface area contributed by atoms with E-state index in [-0.39, 0.29) is 0 Å². The number of imidazole rings is 1. The lowest BCUT2D eigenvalue weighted by Gasteiger charge is -2.31. The molecular weight excluding hydrogens is 352 g/mol. The summed E-state index contributed by atoms with van der Waals surface area (Å²) in [5, 5.41) is 7.70. The smallest absolute Gasteiger partial charge is 0.154 e. The number of aryl methyl sites for hydroxylation is 2. The van der Waals surface area contributed by atoms with Crippen molar-refractivity contribution in [2.75, 3.05) is 25.0 Å². The first-order valence-corrected chi connectivity index (χ1v) is 10.4. The maximum Gasteiger partial charge on any atom is 0.154 e. The van der Waals surface area contributed by atoms with E-state index in [1.54, 1.807) is 0 Å². The molecule has 1 aliphatic heterocycles. The molecule has 0 atom stereocenters. The average molecular weight is 380 g/mol. The van der Waals surface area contributed by atoms with Crippen LogP contribution < -0.4 is 5.32 Å². The number of likely N-dealkylation sites (tertiary alicyclic amines) is 1. The molecule has 1 aliphatic carbocycles. The molecule has 28 heavy (non-hydrogen) atoms. The first kappa shape index (κ1) is 17.7. The van der Waals surface area contributed by atoms with Crippen LogP contribution in [0, 0.1) is 12.8 Å². The molecule has 3 aromatic rings. The van der Waals surface area contributed by atoms with E-state index in [2.05, 4.69) is 38.0 Å². The highest BCUT2D eigenvalue weighted by Gasteiger charge is 2.25. The van der Waals surface area contributed by atoms with E-state index in [0.717, 1.165) is 67.7 Å². The summed E-state index contributed by atoms with van der Waals surface area (Å²) in [7, 11) is 2.06. The molecule has 0 unspecified atom stereocenters. The SMILES string of the molecule is Cc1cc(CN2CCC(c3cc4c(ncn4C)c(NCC4CC4)n3)CC2)no1. The molecule has 1 saturated carbocycles. The van der Waals surface area contributed by atoms with Crippen molar-refractivity contribution in [3.63, 3.8) is 0 Å². The number of hydrogen-bond donors (Lipinski definition) is 1. The summed E-state index contributed by atoms with van der Waals surface area (Å²) in [5.74, 6) is 3.15. The third-order valence-electron chi connectivity index (χ3n) is 6.06. The van der Waals surface area contributed by atoms with Crippen LogP contribution in [0.3, 0.4) is 0 Å². The third kappa shape index (κ3) is 3.63. The Balaban J connectivity index is 1.30. The van der Waals surface area contributed by atoms with Crippen LogP contribution in [0.5, 0.6) is 0 Å². The summed E-state index contributed by atoms with van der Waals surface area (Å²) < 4.78 is 7.30. The number of aromatic nitrogens is 4. The first-order chi connectivity index (χ1) is 13.7. The second-order valence-corrected chi connectivity index (χ2v) is 8.42. The molecular formula is C21H28N6O. The van der Waals surface area contributed by atoms with Crippen molar-refractivity contribution in [3.05, 3.63) is 35.6 Å². The Labute approximate surface area is 165 Å². The van der Waals surface area contributed by atoms with Crippen molar-refractivity contribution in [2.24, 2.45) is 13.0 Å². The molecule has 148 valence electrons. The Bertz CT molecular complexity index is 965. The zero-order valence-electron chi connectivity index (χ0n) is 16.7. The summed E-state index contributed by atoms with van der Waals surface area (Å²) in [4.78, 5) is 12.1. The Kier molecular flexibility index (Phi) is 4.55. The Hall–Kier alpha value is -2.41. The molecule has 5 rings (SSSR count). The lowest BCUT2D eigenvalue weighted by molar-refractivity contribution is 0.198. The van der Waals surface area contributed by atoms with Gasteiger partial charge in [-0.2, -0.15) is 0 Å². The van der Waals surface area contributed by atoms with Crippen molar-refractivity contribution >= 4 is 16.9 Å². The zero-order chi connectivity index (χ0) is 19.1. The predicted molar refractivity (Wildman–Crippen MR) is 108 cm³/mol. The van der Waals surface area contributed by atoms with Crippen LogP contribution in [0.1, 0.15) is 48.7 Å². The van der Waals surface area contributed by atoms with Gasteiger partial charge in [0.15, 0.2) is 5.82 Å². The van der Waals surface area contributed by atoms with E-state index >= 15 is 0 Å². The van der Waals surface area contributed by atoms with Crippen LogP contribution in [0.2, 0.25) is 0 Å². The van der Waals surface area contributed by atoms with Crippen LogP contribution in [-0.2, 0) is 13.6 Å². The molecule has 2 fully saturated rings. The van der Waals surface area contributed by atoms with E-state index in [1.807, 2.05) is 19.3 Å². The molecule has 0 spiro atoms. The molecule has 7 heteroatoms. The number of hydrogen-bond acceptors (Lipinski definition) is 6. The fourth-order valence-electron chi connectivity index (χ4n) is 4.15. The molecule has 4 heterocycles. The van der Waals surface area contributed by atoms with Crippen LogP contribution in [0.15, 0.2) is 23.0 Å². The van der Waals surface area contributed by atoms with Crippen LogP contribution in [-0.4, -0.2) is 44.2 Å². The van der Waals surface area contributed by atoms with Gasteiger partial charge in [-0.25, -0.2) is 9.97 Å². The normalized spacial score (nSPS) is 18.8. The average Bonchev–Trinajstić information content (AvgIpc) is 3.34. The topological polar surface area (TPSA) is 72.0 Å². The van der Waals surface area contributed by atoms with E-state index in [4.69, 9.17) is 9.51 Å². The number of anilines is 1. The van der Waals surface area contributed by atoms with Gasteiger partial charge < -0.3 is 14.4 Å². The Morgan fingerprint density at radius 2 is 2.00 bits per heavy atom. The number of pyridine rings is 1. The van der Waals surface area contributed by atoms with Crippen LogP contribution in [0.25, 0.3) is 11.0 Å². The van der Waals surface area contributed by atoms with Crippen molar-refractivity contribution in [1.29, 1.82) is 0 Å². The minimum absolute atomic E-state index is 0.496. The Morgan fingerprint density at radius 1 is 1.18 bits per heavy atom. The zero-order valence-corrected chi connectivity index (χ0v) is 16.7. The van der Waals surface area contributed by atoms with Crippen molar-refractivity contribution in [1.82, 2.24) is 24.6 Å². The van der Waals surface area contributed by atoms with Crippen molar-refractivity contribution in [3.8, 4) is 0 Å². The maximum absolute atomic E-state index is 5.20. The van der Waals surface area contributed by atoms with Gasteiger partial charge in [-0.3, -0.25) is 4.90 Å². The molecule has 0 radical (unpaired) electrons. The number of nitrogens with zero attached hydrogens (tertiary/aromatic N) is 5. The summed E-state index contributed by atoms with van der Waals surface area (Å²) in [5.41, 5.74) is 4.39.